The fourth-order valence-electron chi connectivity index (χ4n) is 10.3. The number of benzene rings is 2. The van der Waals surface area contributed by atoms with Gasteiger partial charge in [0, 0.05) is 65.6 Å². The number of hydrogen-bond acceptors (Lipinski definition) is 14. The maximum atomic E-state index is 15.1. The number of hydrogen-bond donors (Lipinski definition) is 0. The number of carbonyl (C=O) groups excluding carboxylic acids is 8. The van der Waals surface area contributed by atoms with E-state index < -0.39 is 96.1 Å². The van der Waals surface area contributed by atoms with Gasteiger partial charge in [-0.2, -0.15) is 0 Å². The number of nitrogens with zero attached hydrogens (tertiary/aromatic N) is 6. The van der Waals surface area contributed by atoms with Gasteiger partial charge in [-0.15, -0.1) is 0 Å². The Labute approximate surface area is 506 Å². The number of amides is 4. The van der Waals surface area contributed by atoms with Crippen LogP contribution < -0.4 is 11.1 Å². The highest BCUT2D eigenvalue weighted by atomic mass is 16.6. The topological polar surface area (TPSA) is 230 Å². The summed E-state index contributed by atoms with van der Waals surface area (Å²) in [5.74, 6) is -7.83. The minimum absolute atomic E-state index is 0.0507. The zero-order valence-corrected chi connectivity index (χ0v) is 53.1. The summed E-state index contributed by atoms with van der Waals surface area (Å²) >= 11 is 0. The number of carbonyl (C=O) groups is 8. The summed E-state index contributed by atoms with van der Waals surface area (Å²) in [6.07, 6.45) is -2.99. The van der Waals surface area contributed by atoms with Crippen molar-refractivity contribution >= 4 is 47.5 Å². The first-order valence-corrected chi connectivity index (χ1v) is 29.7. The quantitative estimate of drug-likeness (QED) is 0.0840. The normalized spacial score (nSPS) is 22.4. The Kier molecular flexibility index (Phi) is 24.8. The molecule has 0 radical (unpaired) electrons. The third-order valence-corrected chi connectivity index (χ3v) is 15.4. The lowest BCUT2D eigenvalue weighted by molar-refractivity contribution is -0.176. The van der Waals surface area contributed by atoms with E-state index in [4.69, 9.17) is 18.9 Å². The van der Waals surface area contributed by atoms with Crippen LogP contribution in [0.3, 0.4) is 0 Å². The van der Waals surface area contributed by atoms with Crippen LogP contribution in [-0.4, -0.2) is 153 Å². The van der Waals surface area contributed by atoms with Gasteiger partial charge in [-0.3, -0.25) is 28.8 Å². The van der Waals surface area contributed by atoms with Gasteiger partial charge >= 0.3 is 23.9 Å². The van der Waals surface area contributed by atoms with Gasteiger partial charge in [0.2, 0.25) is 0 Å². The molecule has 2 aromatic carbocycles. The lowest BCUT2D eigenvalue weighted by Gasteiger charge is -2.35. The van der Waals surface area contributed by atoms with Gasteiger partial charge in [-0.1, -0.05) is 104 Å². The Hall–Kier alpha value is -7.90. The minimum atomic E-state index is -1.59. The number of esters is 4. The van der Waals surface area contributed by atoms with Crippen molar-refractivity contribution in [1.82, 2.24) is 28.7 Å². The van der Waals surface area contributed by atoms with Crippen molar-refractivity contribution in [3.8, 4) is 0 Å². The molecule has 0 unspecified atom stereocenters. The van der Waals surface area contributed by atoms with Crippen molar-refractivity contribution in [2.45, 2.75) is 183 Å². The molecule has 0 spiro atoms. The van der Waals surface area contributed by atoms with E-state index >= 15 is 9.59 Å². The van der Waals surface area contributed by atoms with Crippen molar-refractivity contribution in [2.24, 2.45) is 23.7 Å². The highest BCUT2D eigenvalue weighted by Crippen LogP contribution is 2.25. The number of ether oxygens (including phenoxy) is 4. The van der Waals surface area contributed by atoms with Crippen molar-refractivity contribution < 1.29 is 57.3 Å². The van der Waals surface area contributed by atoms with Gasteiger partial charge in [0.25, 0.3) is 34.7 Å². The summed E-state index contributed by atoms with van der Waals surface area (Å²) in [6.45, 7) is 21.5. The standard InChI is InChI=1S/C66H90N6O14/c1-39(2)29-51-63(79)83-45(11)59(75)67(13)54(32-42(7)8)66(82)86-56(36-48-19-23-50(24-20-48)38-72-28-26-44(10)34-58(72)74)62(78)70(16)52(30-40(3)4)64(80)84-46(12)60(76)68(14)53(31-41(5)6)65(81)85-55(61(77)69(51)15)35-47-17-21-49(22-18-47)37-71-27-25-43(9)33-57(71)73/h17-28,33-34,39-42,45-46,51-56H,29-32,35-38H2,1-16H3/t45-,46-,51+,52+,53+,54+,55-,56-/m1/s1. The summed E-state index contributed by atoms with van der Waals surface area (Å²) in [4.78, 5) is 148. The van der Waals surface area contributed by atoms with E-state index in [-0.39, 0.29) is 86.4 Å². The molecule has 2 aromatic heterocycles. The van der Waals surface area contributed by atoms with Gasteiger partial charge < -0.3 is 47.7 Å². The summed E-state index contributed by atoms with van der Waals surface area (Å²) in [5, 5.41) is 0. The molecule has 4 amide bonds. The molecule has 468 valence electrons. The fourth-order valence-corrected chi connectivity index (χ4v) is 10.3. The van der Waals surface area contributed by atoms with Crippen LogP contribution in [0.15, 0.2) is 94.8 Å². The maximum Gasteiger partial charge on any atom is 0.329 e. The predicted molar refractivity (Wildman–Crippen MR) is 324 cm³/mol. The minimum Gasteiger partial charge on any atom is -0.451 e. The molecule has 8 atom stereocenters. The molecule has 1 aliphatic rings. The van der Waals surface area contributed by atoms with Gasteiger partial charge in [0.05, 0.1) is 13.1 Å². The van der Waals surface area contributed by atoms with E-state index in [0.717, 1.165) is 41.9 Å². The third-order valence-electron chi connectivity index (χ3n) is 15.4. The molecule has 1 aliphatic heterocycles. The van der Waals surface area contributed by atoms with Gasteiger partial charge in [0.15, 0.2) is 24.4 Å². The molecule has 0 aliphatic carbocycles. The average molecular weight is 1190 g/mol. The molecule has 86 heavy (non-hydrogen) atoms. The molecule has 20 heteroatoms. The highest BCUT2D eigenvalue weighted by Gasteiger charge is 2.43. The number of aryl methyl sites for hydroxylation is 2. The second-order valence-corrected chi connectivity index (χ2v) is 24.8. The van der Waals surface area contributed by atoms with Gasteiger partial charge in [0.1, 0.15) is 24.2 Å². The number of rotatable bonds is 16. The molecule has 5 rings (SSSR count). The van der Waals surface area contributed by atoms with E-state index in [9.17, 15) is 38.4 Å². The van der Waals surface area contributed by atoms with E-state index in [1.165, 1.54) is 54.2 Å². The van der Waals surface area contributed by atoms with Crippen LogP contribution in [0.2, 0.25) is 0 Å². The molecule has 0 bridgehead atoms. The summed E-state index contributed by atoms with van der Waals surface area (Å²) in [5.41, 5.74) is 3.94. The summed E-state index contributed by atoms with van der Waals surface area (Å²) in [7, 11) is 5.47. The van der Waals surface area contributed by atoms with Gasteiger partial charge in [-0.05, 0) is 123 Å². The molecule has 20 nitrogen and oxygen atoms in total. The number of pyridine rings is 2. The molecule has 0 N–H and O–H groups in total. The Morgan fingerprint density at radius 3 is 0.895 bits per heavy atom. The maximum absolute atomic E-state index is 15.1. The largest absolute Gasteiger partial charge is 0.451 e. The first-order valence-electron chi connectivity index (χ1n) is 29.7. The second kappa shape index (κ2) is 31.0. The van der Waals surface area contributed by atoms with Gasteiger partial charge in [-0.25, -0.2) is 19.2 Å². The van der Waals surface area contributed by atoms with E-state index in [1.54, 1.807) is 70.1 Å². The SMILES string of the molecule is Cc1ccn(Cc2ccc(C[C@H]3OC(=O)[C@H](CC(C)C)N(C)C(=O)[C@@H](C)OC(=O)[C@H](CC(C)C)N(C)C(=O)[C@@H](Cc4ccc(Cn5ccc(C)cc5=O)cc4)OC(=O)[C@H](CC(C)C)N(C)C(=O)[C@@H](C)OC(=O)[C@H](CC(C)C)N(C)C3=O)cc2)c(=O)c1. The van der Waals surface area contributed by atoms with Crippen molar-refractivity contribution in [3.63, 3.8) is 0 Å². The van der Waals surface area contributed by atoms with Crippen molar-refractivity contribution in [2.75, 3.05) is 28.2 Å². The molecule has 1 fully saturated rings. The number of aromatic nitrogens is 2. The first-order chi connectivity index (χ1) is 40.3. The molecule has 4 aromatic rings. The van der Waals surface area contributed by atoms with Crippen LogP contribution in [0.4, 0.5) is 0 Å². The van der Waals surface area contributed by atoms with Crippen LogP contribution in [-0.2, 0) is 83.2 Å². The average Bonchev–Trinajstić information content (AvgIpc) is 2.08. The molecule has 0 saturated carbocycles. The Bertz CT molecular complexity index is 2920. The van der Waals surface area contributed by atoms with Crippen molar-refractivity contribution in [1.29, 1.82) is 0 Å². The smallest absolute Gasteiger partial charge is 0.329 e. The van der Waals surface area contributed by atoms with E-state index in [0.29, 0.717) is 11.1 Å². The zero-order chi connectivity index (χ0) is 64.0. The monoisotopic (exact) mass is 1190 g/mol. The Morgan fingerprint density at radius 1 is 0.372 bits per heavy atom. The number of likely N-dealkylation sites (N-methyl/N-ethyl adjacent to an activating group) is 4. The van der Waals surface area contributed by atoms with E-state index in [2.05, 4.69) is 0 Å². The zero-order valence-electron chi connectivity index (χ0n) is 53.1. The third kappa shape index (κ3) is 19.1. The molecular weight excluding hydrogens is 1100 g/mol. The lowest BCUT2D eigenvalue weighted by atomic mass is 9.99. The predicted octanol–water partition coefficient (Wildman–Crippen LogP) is 6.70. The van der Waals surface area contributed by atoms with Crippen LogP contribution in [0.25, 0.3) is 0 Å². The van der Waals surface area contributed by atoms with Crippen molar-refractivity contribution in [3.05, 3.63) is 139 Å². The molecule has 1 saturated heterocycles. The lowest BCUT2D eigenvalue weighted by Crippen LogP contribution is -2.55. The van der Waals surface area contributed by atoms with Crippen LogP contribution in [0.1, 0.15) is 128 Å². The summed E-state index contributed by atoms with van der Waals surface area (Å²) in [6, 6.07) is 15.5. The summed E-state index contributed by atoms with van der Waals surface area (Å²) < 4.78 is 27.3. The fraction of sp³-hybridized carbons (Fsp3) is 0.545. The van der Waals surface area contributed by atoms with Crippen LogP contribution >= 0.6 is 0 Å². The Morgan fingerprint density at radius 2 is 0.628 bits per heavy atom. The highest BCUT2D eigenvalue weighted by molar-refractivity contribution is 5.94. The molecule has 3 heterocycles. The molecular formula is C66H90N6O14. The Balaban J connectivity index is 1.59. The number of cyclic esters (lactones) is 4. The van der Waals surface area contributed by atoms with Crippen LogP contribution in [0, 0.1) is 37.5 Å². The van der Waals surface area contributed by atoms with Crippen LogP contribution in [0.5, 0.6) is 0 Å². The second-order valence-electron chi connectivity index (χ2n) is 24.8. The first kappa shape index (κ1) is 68.9. The van der Waals surface area contributed by atoms with E-state index in [1.807, 2.05) is 81.4 Å².